The molecule has 2 atom stereocenters. The van der Waals surface area contributed by atoms with Crippen molar-refractivity contribution in [2.45, 2.75) is 38.8 Å². The average molecular weight is 157 g/mol. The second-order valence-corrected chi connectivity index (χ2v) is 3.45. The topological polar surface area (TPSA) is 49.3 Å². The maximum Gasteiger partial charge on any atom is 0.220 e. The fraction of sp³-hybridized carbons (Fsp3) is 0.875. The molecule has 0 radical (unpaired) electrons. The van der Waals surface area contributed by atoms with Gasteiger partial charge in [0.2, 0.25) is 5.91 Å². The molecule has 0 bridgehead atoms. The van der Waals surface area contributed by atoms with Crippen molar-refractivity contribution in [2.75, 3.05) is 0 Å². The molecule has 1 aliphatic rings. The fourth-order valence-corrected chi connectivity index (χ4v) is 1.36. The van der Waals surface area contributed by atoms with E-state index in [2.05, 4.69) is 5.32 Å². The van der Waals surface area contributed by atoms with Crippen molar-refractivity contribution in [1.82, 2.24) is 5.32 Å². The van der Waals surface area contributed by atoms with Crippen LogP contribution in [-0.2, 0) is 4.79 Å². The summed E-state index contributed by atoms with van der Waals surface area (Å²) in [5.41, 5.74) is 0. The van der Waals surface area contributed by atoms with E-state index >= 15 is 0 Å². The van der Waals surface area contributed by atoms with E-state index in [1.54, 1.807) is 0 Å². The van der Waals surface area contributed by atoms with Crippen LogP contribution >= 0.6 is 0 Å². The van der Waals surface area contributed by atoms with Gasteiger partial charge >= 0.3 is 0 Å². The van der Waals surface area contributed by atoms with Crippen LogP contribution in [-0.4, -0.2) is 23.2 Å². The molecule has 11 heavy (non-hydrogen) atoms. The Morgan fingerprint density at radius 1 is 1.64 bits per heavy atom. The summed E-state index contributed by atoms with van der Waals surface area (Å²) in [4.78, 5) is 10.8. The first-order chi connectivity index (χ1) is 5.11. The van der Waals surface area contributed by atoms with Crippen molar-refractivity contribution in [3.63, 3.8) is 0 Å². The van der Waals surface area contributed by atoms with Crippen LogP contribution in [0.15, 0.2) is 0 Å². The monoisotopic (exact) mass is 157 g/mol. The Morgan fingerprint density at radius 3 is 2.64 bits per heavy atom. The molecular formula is C8H15NO2. The summed E-state index contributed by atoms with van der Waals surface area (Å²) in [5, 5.41) is 12.3. The molecule has 1 rings (SSSR count). The molecule has 2 N–H and O–H groups in total. The second-order valence-electron chi connectivity index (χ2n) is 3.45. The van der Waals surface area contributed by atoms with Gasteiger partial charge in [0.15, 0.2) is 0 Å². The quantitative estimate of drug-likeness (QED) is 0.605. The van der Waals surface area contributed by atoms with Gasteiger partial charge in [0.25, 0.3) is 0 Å². The number of carbonyl (C=O) groups excluding carboxylic acids is 1. The lowest BCUT2D eigenvalue weighted by Gasteiger charge is -2.20. The minimum Gasteiger partial charge on any atom is -0.391 e. The van der Waals surface area contributed by atoms with Crippen molar-refractivity contribution < 1.29 is 9.90 Å². The van der Waals surface area contributed by atoms with Gasteiger partial charge < -0.3 is 10.4 Å². The maximum absolute atomic E-state index is 10.8. The number of hydrogen-bond donors (Lipinski definition) is 2. The molecule has 1 fully saturated rings. The first kappa shape index (κ1) is 8.53. The number of aliphatic hydroxyl groups is 1. The Bertz CT molecular complexity index is 156. The van der Waals surface area contributed by atoms with Gasteiger partial charge in [-0.05, 0) is 12.3 Å². The largest absolute Gasteiger partial charge is 0.391 e. The number of aliphatic hydroxyl groups excluding tert-OH is 1. The minimum atomic E-state index is -0.388. The highest BCUT2D eigenvalue weighted by atomic mass is 16.3. The average Bonchev–Trinajstić information content (AvgIpc) is 2.34. The first-order valence-electron chi connectivity index (χ1n) is 4.08. The van der Waals surface area contributed by atoms with E-state index in [1.807, 2.05) is 13.8 Å². The van der Waals surface area contributed by atoms with Crippen LogP contribution in [0.3, 0.4) is 0 Å². The smallest absolute Gasteiger partial charge is 0.220 e. The van der Waals surface area contributed by atoms with Gasteiger partial charge in [-0.25, -0.2) is 0 Å². The highest BCUT2D eigenvalue weighted by Gasteiger charge is 2.28. The lowest BCUT2D eigenvalue weighted by Crippen LogP contribution is -2.39. The van der Waals surface area contributed by atoms with Crippen molar-refractivity contribution in [2.24, 2.45) is 5.92 Å². The van der Waals surface area contributed by atoms with Gasteiger partial charge in [-0.2, -0.15) is 0 Å². The van der Waals surface area contributed by atoms with Crippen molar-refractivity contribution in [3.8, 4) is 0 Å². The molecule has 3 heteroatoms. The molecule has 1 aliphatic heterocycles. The number of nitrogens with one attached hydrogen (secondary N) is 1. The highest BCUT2D eigenvalue weighted by Crippen LogP contribution is 2.15. The molecule has 64 valence electrons. The summed E-state index contributed by atoms with van der Waals surface area (Å²) in [6.07, 6.45) is 0.952. The summed E-state index contributed by atoms with van der Waals surface area (Å²) in [6, 6.07) is -0.0116. The zero-order valence-electron chi connectivity index (χ0n) is 7.00. The third-order valence-corrected chi connectivity index (χ3v) is 2.12. The van der Waals surface area contributed by atoms with E-state index in [4.69, 9.17) is 0 Å². The number of carbonyl (C=O) groups is 1. The van der Waals surface area contributed by atoms with Crippen molar-refractivity contribution in [1.29, 1.82) is 0 Å². The Morgan fingerprint density at radius 2 is 2.27 bits per heavy atom. The summed E-state index contributed by atoms with van der Waals surface area (Å²) in [6.45, 7) is 3.91. The highest BCUT2D eigenvalue weighted by molar-refractivity contribution is 5.78. The van der Waals surface area contributed by atoms with Gasteiger partial charge in [0.1, 0.15) is 0 Å². The molecular weight excluding hydrogens is 142 g/mol. The zero-order valence-corrected chi connectivity index (χ0v) is 7.00. The fourth-order valence-electron chi connectivity index (χ4n) is 1.36. The van der Waals surface area contributed by atoms with Crippen LogP contribution in [0.25, 0.3) is 0 Å². The lowest BCUT2D eigenvalue weighted by atomic mass is 9.99. The third-order valence-electron chi connectivity index (χ3n) is 2.12. The summed E-state index contributed by atoms with van der Waals surface area (Å²) in [5.74, 6) is 0.285. The molecule has 1 heterocycles. The molecule has 3 nitrogen and oxygen atoms in total. The molecule has 2 unspecified atom stereocenters. The van der Waals surface area contributed by atoms with Crippen LogP contribution in [0.5, 0.6) is 0 Å². The molecule has 1 saturated heterocycles. The normalized spacial score (nSPS) is 27.3. The van der Waals surface area contributed by atoms with E-state index in [-0.39, 0.29) is 24.0 Å². The van der Waals surface area contributed by atoms with Crippen LogP contribution in [0.2, 0.25) is 0 Å². The number of amides is 1. The Balaban J connectivity index is 2.43. The van der Waals surface area contributed by atoms with E-state index in [0.29, 0.717) is 6.42 Å². The standard InChI is InChI=1S/C8H15NO2/c1-5(2)8(11)6-3-4-7(10)9-6/h5-6,8,11H,3-4H2,1-2H3,(H,9,10). The summed E-state index contributed by atoms with van der Waals surface area (Å²) in [7, 11) is 0. The Kier molecular flexibility index (Phi) is 2.49. The minimum absolute atomic E-state index is 0.0116. The molecule has 0 saturated carbocycles. The maximum atomic E-state index is 10.8. The van der Waals surface area contributed by atoms with E-state index in [9.17, 15) is 9.90 Å². The van der Waals surface area contributed by atoms with Gasteiger partial charge in [0.05, 0.1) is 12.1 Å². The third kappa shape index (κ3) is 1.93. The number of rotatable bonds is 2. The Hall–Kier alpha value is -0.570. The van der Waals surface area contributed by atoms with E-state index < -0.39 is 0 Å². The van der Waals surface area contributed by atoms with Gasteiger partial charge in [-0.3, -0.25) is 4.79 Å². The molecule has 0 aromatic heterocycles. The van der Waals surface area contributed by atoms with Gasteiger partial charge in [-0.1, -0.05) is 13.8 Å². The van der Waals surface area contributed by atoms with Crippen LogP contribution in [0, 0.1) is 5.92 Å². The molecule has 0 aromatic rings. The molecule has 0 aromatic carbocycles. The predicted octanol–water partition coefficient (Wildman–Crippen LogP) is 0.282. The number of hydrogen-bond acceptors (Lipinski definition) is 2. The van der Waals surface area contributed by atoms with Crippen LogP contribution in [0.4, 0.5) is 0 Å². The molecule has 0 spiro atoms. The van der Waals surface area contributed by atoms with Crippen molar-refractivity contribution >= 4 is 5.91 Å². The molecule has 0 aliphatic carbocycles. The lowest BCUT2D eigenvalue weighted by molar-refractivity contribution is -0.119. The van der Waals surface area contributed by atoms with Crippen LogP contribution < -0.4 is 5.32 Å². The first-order valence-corrected chi connectivity index (χ1v) is 4.08. The van der Waals surface area contributed by atoms with E-state index in [1.165, 1.54) is 0 Å². The zero-order chi connectivity index (χ0) is 8.43. The van der Waals surface area contributed by atoms with E-state index in [0.717, 1.165) is 6.42 Å². The van der Waals surface area contributed by atoms with Gasteiger partial charge in [-0.15, -0.1) is 0 Å². The second kappa shape index (κ2) is 3.22. The van der Waals surface area contributed by atoms with Crippen LogP contribution in [0.1, 0.15) is 26.7 Å². The van der Waals surface area contributed by atoms with Gasteiger partial charge in [0, 0.05) is 6.42 Å². The Labute approximate surface area is 66.8 Å². The summed E-state index contributed by atoms with van der Waals surface area (Å²) < 4.78 is 0. The predicted molar refractivity (Wildman–Crippen MR) is 42.0 cm³/mol. The van der Waals surface area contributed by atoms with Crippen molar-refractivity contribution in [3.05, 3.63) is 0 Å². The SMILES string of the molecule is CC(C)C(O)C1CCC(=O)N1. The summed E-state index contributed by atoms with van der Waals surface area (Å²) >= 11 is 0. The molecule has 1 amide bonds.